The quantitative estimate of drug-likeness (QED) is 0.756. The first-order valence-corrected chi connectivity index (χ1v) is 7.38. The van der Waals surface area contributed by atoms with Gasteiger partial charge < -0.3 is 20.5 Å². The molecule has 0 aliphatic heterocycles. The van der Waals surface area contributed by atoms with E-state index in [1.807, 2.05) is 0 Å². The highest BCUT2D eigenvalue weighted by Crippen LogP contribution is 2.34. The summed E-state index contributed by atoms with van der Waals surface area (Å²) in [6.45, 7) is 0.436. The molecule has 0 heterocycles. The summed E-state index contributed by atoms with van der Waals surface area (Å²) in [5, 5.41) is 14.3. The largest absolute Gasteiger partial charge is 0.478 e. The lowest BCUT2D eigenvalue weighted by molar-refractivity contribution is -0.0671. The molecule has 1 aromatic rings. The van der Waals surface area contributed by atoms with Gasteiger partial charge in [0.1, 0.15) is 0 Å². The molecular formula is C14H17BrN2O4. The van der Waals surface area contributed by atoms with Gasteiger partial charge in [-0.25, -0.2) is 9.59 Å². The van der Waals surface area contributed by atoms with Crippen LogP contribution in [0.1, 0.15) is 29.6 Å². The van der Waals surface area contributed by atoms with Crippen LogP contribution in [0, 0.1) is 0 Å². The monoisotopic (exact) mass is 356 g/mol. The highest BCUT2D eigenvalue weighted by Gasteiger charge is 2.37. The van der Waals surface area contributed by atoms with Crippen molar-refractivity contribution in [1.82, 2.24) is 5.32 Å². The van der Waals surface area contributed by atoms with Gasteiger partial charge in [0.05, 0.1) is 16.9 Å². The highest BCUT2D eigenvalue weighted by molar-refractivity contribution is 9.10. The minimum Gasteiger partial charge on any atom is -0.478 e. The molecule has 2 amide bonds. The van der Waals surface area contributed by atoms with E-state index in [1.165, 1.54) is 12.1 Å². The van der Waals surface area contributed by atoms with Gasteiger partial charge in [0.15, 0.2) is 0 Å². The Morgan fingerprint density at radius 3 is 2.67 bits per heavy atom. The van der Waals surface area contributed by atoms with Crippen LogP contribution < -0.4 is 10.6 Å². The van der Waals surface area contributed by atoms with Crippen molar-refractivity contribution < 1.29 is 19.4 Å². The number of hydrogen-bond donors (Lipinski definition) is 3. The van der Waals surface area contributed by atoms with Crippen molar-refractivity contribution in [3.05, 3.63) is 28.2 Å². The van der Waals surface area contributed by atoms with Crippen molar-refractivity contribution >= 4 is 33.6 Å². The minimum atomic E-state index is -1.04. The summed E-state index contributed by atoms with van der Waals surface area (Å²) in [7, 11) is 1.64. The van der Waals surface area contributed by atoms with E-state index in [0.717, 1.165) is 19.3 Å². The molecule has 3 N–H and O–H groups in total. The molecule has 2 rings (SSSR count). The van der Waals surface area contributed by atoms with Crippen LogP contribution in [0.15, 0.2) is 22.7 Å². The fourth-order valence-corrected chi connectivity index (χ4v) is 2.53. The number of carboxylic acids is 1. The maximum Gasteiger partial charge on any atom is 0.335 e. The number of halogens is 1. The first kappa shape index (κ1) is 15.8. The maximum atomic E-state index is 11.9. The van der Waals surface area contributed by atoms with E-state index in [4.69, 9.17) is 9.84 Å². The Kier molecular flexibility index (Phi) is 4.84. The third-order valence-corrected chi connectivity index (χ3v) is 4.42. The molecule has 7 heteroatoms. The molecule has 1 saturated carbocycles. The lowest BCUT2D eigenvalue weighted by Gasteiger charge is -2.40. The van der Waals surface area contributed by atoms with Crippen LogP contribution in [0.2, 0.25) is 0 Å². The number of nitrogens with one attached hydrogen (secondary N) is 2. The number of ether oxygens (including phenoxy) is 1. The van der Waals surface area contributed by atoms with Gasteiger partial charge in [0, 0.05) is 18.1 Å². The van der Waals surface area contributed by atoms with Gasteiger partial charge in [-0.2, -0.15) is 0 Å². The van der Waals surface area contributed by atoms with Gasteiger partial charge >= 0.3 is 12.0 Å². The number of amides is 2. The summed E-state index contributed by atoms with van der Waals surface area (Å²) in [6.07, 6.45) is 2.97. The zero-order valence-electron chi connectivity index (χ0n) is 11.6. The van der Waals surface area contributed by atoms with Gasteiger partial charge in [0.25, 0.3) is 0 Å². The standard InChI is InChI=1S/C14H17BrN2O4/c1-21-14(5-2-6-14)8-16-13(20)17-11-7-9(12(18)19)3-4-10(11)15/h3-4,7H,2,5-6,8H2,1H3,(H,18,19)(H2,16,17,20). The molecule has 0 saturated heterocycles. The summed E-state index contributed by atoms with van der Waals surface area (Å²) >= 11 is 3.28. The third-order valence-electron chi connectivity index (χ3n) is 3.73. The Morgan fingerprint density at radius 1 is 1.43 bits per heavy atom. The first-order chi connectivity index (χ1) is 9.96. The Morgan fingerprint density at radius 2 is 2.14 bits per heavy atom. The molecule has 0 spiro atoms. The second kappa shape index (κ2) is 6.44. The van der Waals surface area contributed by atoms with E-state index in [2.05, 4.69) is 26.6 Å². The Bertz CT molecular complexity index is 552. The van der Waals surface area contributed by atoms with Crippen molar-refractivity contribution in [2.75, 3.05) is 19.0 Å². The Labute approximate surface area is 131 Å². The molecule has 1 aromatic carbocycles. The summed E-state index contributed by atoms with van der Waals surface area (Å²) in [5.41, 5.74) is 0.269. The van der Waals surface area contributed by atoms with E-state index in [0.29, 0.717) is 16.7 Å². The third kappa shape index (κ3) is 3.74. The molecule has 0 bridgehead atoms. The molecule has 0 unspecified atom stereocenters. The lowest BCUT2D eigenvalue weighted by atomic mass is 9.80. The van der Waals surface area contributed by atoms with Gasteiger partial charge in [0.2, 0.25) is 0 Å². The van der Waals surface area contributed by atoms with Crippen molar-refractivity contribution in [3.63, 3.8) is 0 Å². The molecule has 0 atom stereocenters. The number of carboxylic acid groups (broad SMARTS) is 1. The number of benzene rings is 1. The molecule has 114 valence electrons. The number of methoxy groups -OCH3 is 1. The minimum absolute atomic E-state index is 0.112. The smallest absolute Gasteiger partial charge is 0.335 e. The van der Waals surface area contributed by atoms with E-state index in [9.17, 15) is 9.59 Å². The van der Waals surface area contributed by atoms with Crippen LogP contribution in [0.3, 0.4) is 0 Å². The SMILES string of the molecule is COC1(CNC(=O)Nc2cc(C(=O)O)ccc2Br)CCC1. The zero-order chi connectivity index (χ0) is 15.5. The summed E-state index contributed by atoms with van der Waals surface area (Å²) in [4.78, 5) is 22.8. The molecule has 0 radical (unpaired) electrons. The summed E-state index contributed by atoms with van der Waals surface area (Å²) in [5.74, 6) is -1.04. The van der Waals surface area contributed by atoms with Crippen LogP contribution >= 0.6 is 15.9 Å². The zero-order valence-corrected chi connectivity index (χ0v) is 13.2. The summed E-state index contributed by atoms with van der Waals surface area (Å²) < 4.78 is 6.04. The Balaban J connectivity index is 1.96. The average Bonchev–Trinajstić information content (AvgIpc) is 2.40. The van der Waals surface area contributed by atoms with Crippen LogP contribution in [-0.4, -0.2) is 36.4 Å². The second-order valence-electron chi connectivity index (χ2n) is 5.05. The molecule has 1 fully saturated rings. The van der Waals surface area contributed by atoms with Gasteiger partial charge in [-0.3, -0.25) is 0 Å². The van der Waals surface area contributed by atoms with Crippen molar-refractivity contribution in [3.8, 4) is 0 Å². The predicted molar refractivity (Wildman–Crippen MR) is 81.7 cm³/mol. The number of aromatic carboxylic acids is 1. The lowest BCUT2D eigenvalue weighted by Crippen LogP contribution is -2.50. The van der Waals surface area contributed by atoms with Crippen molar-refractivity contribution in [1.29, 1.82) is 0 Å². The number of urea groups is 1. The topological polar surface area (TPSA) is 87.7 Å². The van der Waals surface area contributed by atoms with Gasteiger partial charge in [-0.05, 0) is 53.4 Å². The average molecular weight is 357 g/mol. The van der Waals surface area contributed by atoms with Gasteiger partial charge in [-0.1, -0.05) is 0 Å². The fourth-order valence-electron chi connectivity index (χ4n) is 2.19. The molecule has 1 aliphatic rings. The predicted octanol–water partition coefficient (Wildman–Crippen LogP) is 2.84. The van der Waals surface area contributed by atoms with E-state index in [1.54, 1.807) is 13.2 Å². The number of hydrogen-bond acceptors (Lipinski definition) is 3. The fraction of sp³-hybridized carbons (Fsp3) is 0.429. The number of anilines is 1. The molecule has 21 heavy (non-hydrogen) atoms. The van der Waals surface area contributed by atoms with E-state index in [-0.39, 0.29) is 17.2 Å². The van der Waals surface area contributed by atoms with Gasteiger partial charge in [-0.15, -0.1) is 0 Å². The van der Waals surface area contributed by atoms with Crippen LogP contribution in [0.25, 0.3) is 0 Å². The molecule has 1 aliphatic carbocycles. The first-order valence-electron chi connectivity index (χ1n) is 6.59. The van der Waals surface area contributed by atoms with E-state index < -0.39 is 5.97 Å². The van der Waals surface area contributed by atoms with Crippen LogP contribution in [0.4, 0.5) is 10.5 Å². The summed E-state index contributed by atoms with van der Waals surface area (Å²) in [6, 6.07) is 4.06. The van der Waals surface area contributed by atoms with E-state index >= 15 is 0 Å². The number of rotatable bonds is 5. The normalized spacial score (nSPS) is 15.9. The number of carbonyl (C=O) groups excluding carboxylic acids is 1. The van der Waals surface area contributed by atoms with Crippen LogP contribution in [0.5, 0.6) is 0 Å². The molecular weight excluding hydrogens is 340 g/mol. The maximum absolute atomic E-state index is 11.9. The van der Waals surface area contributed by atoms with Crippen molar-refractivity contribution in [2.45, 2.75) is 24.9 Å². The second-order valence-corrected chi connectivity index (χ2v) is 5.90. The number of carbonyl (C=O) groups is 2. The molecule has 6 nitrogen and oxygen atoms in total. The highest BCUT2D eigenvalue weighted by atomic mass is 79.9. The Hall–Kier alpha value is -1.60. The van der Waals surface area contributed by atoms with Crippen molar-refractivity contribution in [2.24, 2.45) is 0 Å². The molecule has 0 aromatic heterocycles. The van der Waals surface area contributed by atoms with Crippen LogP contribution in [-0.2, 0) is 4.74 Å².